The maximum absolute atomic E-state index is 12.1. The molecule has 2 rings (SSSR count). The highest BCUT2D eigenvalue weighted by Crippen LogP contribution is 2.15. The number of ether oxygens (including phenoxy) is 1. The molecule has 15 heavy (non-hydrogen) atoms. The zero-order valence-corrected chi connectivity index (χ0v) is 9.61. The molecule has 2 aliphatic rings. The summed E-state index contributed by atoms with van der Waals surface area (Å²) in [5.41, 5.74) is 0. The van der Waals surface area contributed by atoms with E-state index in [2.05, 4.69) is 0 Å². The lowest BCUT2D eigenvalue weighted by Crippen LogP contribution is -2.52. The molecule has 2 fully saturated rings. The second kappa shape index (κ2) is 4.39. The molecule has 2 aliphatic heterocycles. The van der Waals surface area contributed by atoms with Crippen molar-refractivity contribution in [2.24, 2.45) is 0 Å². The van der Waals surface area contributed by atoms with Crippen LogP contribution in [0, 0.1) is 0 Å². The predicted octanol–water partition coefficient (Wildman–Crippen LogP) is 1.31. The molecule has 0 aliphatic carbocycles. The van der Waals surface area contributed by atoms with Gasteiger partial charge in [-0.2, -0.15) is 0 Å². The molecule has 4 heteroatoms. The Morgan fingerprint density at radius 2 is 1.60 bits per heavy atom. The van der Waals surface area contributed by atoms with Gasteiger partial charge in [0.1, 0.15) is 0 Å². The molecule has 0 unspecified atom stereocenters. The minimum Gasteiger partial charge on any atom is -0.372 e. The van der Waals surface area contributed by atoms with Gasteiger partial charge in [0, 0.05) is 26.2 Å². The minimum atomic E-state index is 0.167. The molecule has 0 N–H and O–H groups in total. The van der Waals surface area contributed by atoms with Crippen LogP contribution in [0.3, 0.4) is 0 Å². The van der Waals surface area contributed by atoms with E-state index in [9.17, 15) is 4.79 Å². The number of hydrogen-bond donors (Lipinski definition) is 0. The topological polar surface area (TPSA) is 32.8 Å². The zero-order valence-electron chi connectivity index (χ0n) is 9.61. The van der Waals surface area contributed by atoms with Crippen molar-refractivity contribution < 1.29 is 9.53 Å². The van der Waals surface area contributed by atoms with Gasteiger partial charge in [-0.1, -0.05) is 0 Å². The third-order valence-electron chi connectivity index (χ3n) is 3.07. The Morgan fingerprint density at radius 1 is 1.07 bits per heavy atom. The first kappa shape index (κ1) is 10.7. The Labute approximate surface area is 91.2 Å². The lowest BCUT2D eigenvalue weighted by atomic mass is 10.2. The van der Waals surface area contributed by atoms with E-state index in [1.807, 2.05) is 23.6 Å². The summed E-state index contributed by atoms with van der Waals surface area (Å²) in [7, 11) is 0. The highest BCUT2D eigenvalue weighted by Gasteiger charge is 2.29. The number of hydrogen-bond acceptors (Lipinski definition) is 2. The van der Waals surface area contributed by atoms with Crippen LogP contribution >= 0.6 is 0 Å². The molecule has 2 heterocycles. The van der Waals surface area contributed by atoms with Crippen molar-refractivity contribution >= 4 is 6.03 Å². The molecule has 0 aromatic rings. The van der Waals surface area contributed by atoms with Crippen LogP contribution in [0.2, 0.25) is 0 Å². The van der Waals surface area contributed by atoms with Gasteiger partial charge in [0.15, 0.2) is 0 Å². The quantitative estimate of drug-likeness (QED) is 0.606. The van der Waals surface area contributed by atoms with Crippen molar-refractivity contribution in [2.75, 3.05) is 26.2 Å². The number of morpholine rings is 1. The molecule has 0 aromatic carbocycles. The Morgan fingerprint density at radius 3 is 2.13 bits per heavy atom. The Bertz CT molecular complexity index is 229. The summed E-state index contributed by atoms with van der Waals surface area (Å²) in [5, 5.41) is 0. The third-order valence-corrected chi connectivity index (χ3v) is 3.07. The number of urea groups is 1. The van der Waals surface area contributed by atoms with Crippen molar-refractivity contribution in [1.29, 1.82) is 0 Å². The van der Waals surface area contributed by atoms with Gasteiger partial charge in [0.25, 0.3) is 0 Å². The van der Waals surface area contributed by atoms with Crippen LogP contribution < -0.4 is 0 Å². The van der Waals surface area contributed by atoms with E-state index in [0.717, 1.165) is 39.0 Å². The number of nitrogens with zero attached hydrogens (tertiary/aromatic N) is 2. The summed E-state index contributed by atoms with van der Waals surface area (Å²) < 4.78 is 5.62. The number of rotatable bonds is 0. The Hall–Kier alpha value is -0.770. The molecule has 0 saturated carbocycles. The minimum absolute atomic E-state index is 0.167. The predicted molar refractivity (Wildman–Crippen MR) is 57.8 cm³/mol. The fourth-order valence-corrected chi connectivity index (χ4v) is 2.44. The molecular formula is C11H20N2O2. The summed E-state index contributed by atoms with van der Waals surface area (Å²) in [5.74, 6) is 0. The van der Waals surface area contributed by atoms with Gasteiger partial charge in [0.05, 0.1) is 12.2 Å². The van der Waals surface area contributed by atoms with E-state index < -0.39 is 0 Å². The first-order valence-electron chi connectivity index (χ1n) is 5.86. The van der Waals surface area contributed by atoms with Crippen LogP contribution in [-0.4, -0.2) is 54.2 Å². The summed E-state index contributed by atoms with van der Waals surface area (Å²) >= 11 is 0. The van der Waals surface area contributed by atoms with Gasteiger partial charge < -0.3 is 14.5 Å². The molecule has 86 valence electrons. The molecule has 0 aromatic heterocycles. The van der Waals surface area contributed by atoms with Gasteiger partial charge in [-0.15, -0.1) is 0 Å². The number of carbonyl (C=O) groups is 1. The lowest BCUT2D eigenvalue weighted by Gasteiger charge is -2.37. The van der Waals surface area contributed by atoms with Gasteiger partial charge in [-0.3, -0.25) is 0 Å². The Balaban J connectivity index is 1.93. The first-order valence-corrected chi connectivity index (χ1v) is 5.86. The van der Waals surface area contributed by atoms with Crippen molar-refractivity contribution in [2.45, 2.75) is 38.9 Å². The average Bonchev–Trinajstić information content (AvgIpc) is 2.67. The number of carbonyl (C=O) groups excluding carboxylic acids is 1. The maximum Gasteiger partial charge on any atom is 0.320 e. The summed E-state index contributed by atoms with van der Waals surface area (Å²) in [6, 6.07) is 0.203. The van der Waals surface area contributed by atoms with Crippen LogP contribution in [0.5, 0.6) is 0 Å². The normalized spacial score (nSPS) is 32.1. The van der Waals surface area contributed by atoms with Crippen molar-refractivity contribution in [1.82, 2.24) is 9.80 Å². The highest BCUT2D eigenvalue weighted by molar-refractivity contribution is 5.74. The van der Waals surface area contributed by atoms with Crippen LogP contribution in [0.1, 0.15) is 26.7 Å². The van der Waals surface area contributed by atoms with Crippen LogP contribution in [0.4, 0.5) is 4.79 Å². The lowest BCUT2D eigenvalue weighted by molar-refractivity contribution is -0.0576. The fourth-order valence-electron chi connectivity index (χ4n) is 2.44. The fraction of sp³-hybridized carbons (Fsp3) is 0.909. The van der Waals surface area contributed by atoms with E-state index in [-0.39, 0.29) is 18.2 Å². The molecule has 2 atom stereocenters. The van der Waals surface area contributed by atoms with Crippen molar-refractivity contribution in [3.05, 3.63) is 0 Å². The summed E-state index contributed by atoms with van der Waals surface area (Å²) in [6.45, 7) is 7.39. The Kier molecular flexibility index (Phi) is 3.14. The molecule has 0 bridgehead atoms. The van der Waals surface area contributed by atoms with Gasteiger partial charge >= 0.3 is 6.03 Å². The molecule has 0 spiro atoms. The monoisotopic (exact) mass is 212 g/mol. The van der Waals surface area contributed by atoms with Crippen LogP contribution in [0.25, 0.3) is 0 Å². The largest absolute Gasteiger partial charge is 0.372 e. The molecular weight excluding hydrogens is 192 g/mol. The molecule has 2 saturated heterocycles. The second-order valence-electron chi connectivity index (χ2n) is 4.64. The summed E-state index contributed by atoms with van der Waals surface area (Å²) in [4.78, 5) is 16.0. The van der Waals surface area contributed by atoms with Crippen molar-refractivity contribution in [3.8, 4) is 0 Å². The summed E-state index contributed by atoms with van der Waals surface area (Å²) in [6.07, 6.45) is 2.64. The molecule has 4 nitrogen and oxygen atoms in total. The van der Waals surface area contributed by atoms with E-state index >= 15 is 0 Å². The maximum atomic E-state index is 12.1. The molecule has 2 amide bonds. The van der Waals surface area contributed by atoms with Gasteiger partial charge in [0.2, 0.25) is 0 Å². The molecule has 0 radical (unpaired) electrons. The SMILES string of the molecule is C[C@@H]1CN(C(=O)N2CCCC2)C[C@H](C)O1. The van der Waals surface area contributed by atoms with Crippen LogP contribution in [-0.2, 0) is 4.74 Å². The standard InChI is InChI=1S/C11H20N2O2/c1-9-7-13(8-10(2)15-9)11(14)12-5-3-4-6-12/h9-10H,3-8H2,1-2H3/t9-,10+. The van der Waals surface area contributed by atoms with E-state index in [4.69, 9.17) is 4.74 Å². The smallest absolute Gasteiger partial charge is 0.320 e. The zero-order chi connectivity index (χ0) is 10.8. The van der Waals surface area contributed by atoms with Gasteiger partial charge in [-0.05, 0) is 26.7 Å². The number of amides is 2. The van der Waals surface area contributed by atoms with E-state index in [0.29, 0.717) is 0 Å². The van der Waals surface area contributed by atoms with Crippen molar-refractivity contribution in [3.63, 3.8) is 0 Å². The van der Waals surface area contributed by atoms with E-state index in [1.165, 1.54) is 0 Å². The highest BCUT2D eigenvalue weighted by atomic mass is 16.5. The third kappa shape index (κ3) is 2.43. The first-order chi connectivity index (χ1) is 7.16. The van der Waals surface area contributed by atoms with Gasteiger partial charge in [-0.25, -0.2) is 4.79 Å². The second-order valence-corrected chi connectivity index (χ2v) is 4.64. The van der Waals surface area contributed by atoms with Crippen LogP contribution in [0.15, 0.2) is 0 Å². The average molecular weight is 212 g/mol. The number of likely N-dealkylation sites (tertiary alicyclic amines) is 1. The van der Waals surface area contributed by atoms with E-state index in [1.54, 1.807) is 0 Å².